The maximum absolute atomic E-state index is 12.8. The van der Waals surface area contributed by atoms with Crippen molar-refractivity contribution in [2.45, 2.75) is 25.3 Å². The van der Waals surface area contributed by atoms with Gasteiger partial charge < -0.3 is 5.32 Å². The molecule has 3 aromatic heterocycles. The van der Waals surface area contributed by atoms with Crippen molar-refractivity contribution in [3.63, 3.8) is 0 Å². The van der Waals surface area contributed by atoms with Crippen LogP contribution in [0.25, 0.3) is 16.7 Å². The minimum atomic E-state index is -0.335. The molecule has 0 atom stereocenters. The van der Waals surface area contributed by atoms with Gasteiger partial charge in [0.1, 0.15) is 28.7 Å². The van der Waals surface area contributed by atoms with Crippen molar-refractivity contribution in [1.82, 2.24) is 29.1 Å². The lowest BCUT2D eigenvalue weighted by atomic mass is 10.3. The van der Waals surface area contributed by atoms with Crippen molar-refractivity contribution in [3.05, 3.63) is 63.4 Å². The number of benzene rings is 1. The summed E-state index contributed by atoms with van der Waals surface area (Å²) in [5.41, 5.74) is 1.96. The molecule has 3 heterocycles. The number of hydrogen-bond acceptors (Lipinski definition) is 5. The number of carbonyl (C=O) groups is 1. The molecule has 4 aromatic rings. The van der Waals surface area contributed by atoms with Crippen LogP contribution in [0.2, 0.25) is 0 Å². The fourth-order valence-corrected chi connectivity index (χ4v) is 4.00. The van der Waals surface area contributed by atoms with Crippen LogP contribution in [0, 0.1) is 0 Å². The predicted octanol–water partition coefficient (Wildman–Crippen LogP) is 2.59. The van der Waals surface area contributed by atoms with E-state index in [1.807, 2.05) is 36.4 Å². The Morgan fingerprint density at radius 3 is 2.73 bits per heavy atom. The van der Waals surface area contributed by atoms with Gasteiger partial charge in [-0.25, -0.2) is 14.3 Å². The molecule has 1 amide bonds. The van der Waals surface area contributed by atoms with Gasteiger partial charge in [-0.3, -0.25) is 14.2 Å². The third-order valence-corrected chi connectivity index (χ3v) is 5.63. The van der Waals surface area contributed by atoms with Gasteiger partial charge in [-0.15, -0.1) is 0 Å². The number of halogens is 1. The predicted molar refractivity (Wildman–Crippen MR) is 115 cm³/mol. The molecular weight excluding hydrogens is 450 g/mol. The Morgan fingerprint density at radius 2 is 2.00 bits per heavy atom. The van der Waals surface area contributed by atoms with E-state index in [1.54, 1.807) is 11.7 Å². The molecule has 152 valence electrons. The van der Waals surface area contributed by atoms with Crippen molar-refractivity contribution < 1.29 is 4.79 Å². The zero-order chi connectivity index (χ0) is 20.8. The normalized spacial score (nSPS) is 13.7. The molecule has 1 fully saturated rings. The second-order valence-corrected chi connectivity index (χ2v) is 8.07. The summed E-state index contributed by atoms with van der Waals surface area (Å²) in [5.74, 6) is 0.693. The summed E-state index contributed by atoms with van der Waals surface area (Å²) < 4.78 is 4.93. The number of fused-ring (bicyclic) bond motifs is 1. The molecule has 1 aliphatic rings. The topological polar surface area (TPSA) is 99.6 Å². The Balaban J connectivity index is 1.44. The third-order valence-electron chi connectivity index (χ3n) is 5.07. The minimum Gasteiger partial charge on any atom is -0.309 e. The van der Waals surface area contributed by atoms with Gasteiger partial charge >= 0.3 is 0 Å². The van der Waals surface area contributed by atoms with Crippen molar-refractivity contribution in [2.24, 2.45) is 7.05 Å². The highest BCUT2D eigenvalue weighted by Gasteiger charge is 2.28. The van der Waals surface area contributed by atoms with Gasteiger partial charge in [0.2, 0.25) is 5.91 Å². The van der Waals surface area contributed by atoms with Gasteiger partial charge in [0.15, 0.2) is 5.65 Å². The van der Waals surface area contributed by atoms with Crippen LogP contribution in [0.1, 0.15) is 24.5 Å². The summed E-state index contributed by atoms with van der Waals surface area (Å²) in [6, 6.07) is 11.5. The molecule has 10 heteroatoms. The van der Waals surface area contributed by atoms with E-state index in [2.05, 4.69) is 36.4 Å². The van der Waals surface area contributed by atoms with Gasteiger partial charge in [0.25, 0.3) is 5.56 Å². The Kier molecular flexibility index (Phi) is 4.50. The fourth-order valence-electron chi connectivity index (χ4n) is 3.42. The molecule has 0 saturated heterocycles. The van der Waals surface area contributed by atoms with Crippen LogP contribution in [0.4, 0.5) is 5.82 Å². The Morgan fingerprint density at radius 1 is 1.23 bits per heavy atom. The number of hydrogen-bond donors (Lipinski definition) is 1. The van der Waals surface area contributed by atoms with E-state index < -0.39 is 0 Å². The quantitative estimate of drug-likeness (QED) is 0.486. The molecule has 1 aliphatic carbocycles. The summed E-state index contributed by atoms with van der Waals surface area (Å²) in [4.78, 5) is 29.8. The number of anilines is 1. The van der Waals surface area contributed by atoms with Gasteiger partial charge in [-0.2, -0.15) is 10.2 Å². The molecule has 1 aromatic carbocycles. The van der Waals surface area contributed by atoms with Crippen LogP contribution in [-0.2, 0) is 18.4 Å². The first-order valence-electron chi connectivity index (χ1n) is 9.54. The fraction of sp³-hybridized carbons (Fsp3) is 0.250. The Hall–Kier alpha value is -3.27. The molecule has 5 rings (SSSR count). The Labute approximate surface area is 179 Å². The monoisotopic (exact) mass is 467 g/mol. The molecule has 30 heavy (non-hydrogen) atoms. The molecule has 9 nitrogen and oxygen atoms in total. The van der Waals surface area contributed by atoms with Gasteiger partial charge in [-0.05, 0) is 40.9 Å². The first-order chi connectivity index (χ1) is 14.5. The summed E-state index contributed by atoms with van der Waals surface area (Å²) in [6.45, 7) is -0.165. The van der Waals surface area contributed by atoms with Crippen LogP contribution in [0.15, 0.2) is 52.1 Å². The number of aromatic nitrogens is 6. The molecule has 0 radical (unpaired) electrons. The average Bonchev–Trinajstić information content (AvgIpc) is 3.43. The van der Waals surface area contributed by atoms with Gasteiger partial charge in [-0.1, -0.05) is 18.2 Å². The highest BCUT2D eigenvalue weighted by atomic mass is 79.9. The lowest BCUT2D eigenvalue weighted by molar-refractivity contribution is -0.116. The van der Waals surface area contributed by atoms with Crippen LogP contribution in [-0.4, -0.2) is 35.0 Å². The first-order valence-corrected chi connectivity index (χ1v) is 10.3. The maximum Gasteiger partial charge on any atom is 0.266 e. The number of amides is 1. The largest absolute Gasteiger partial charge is 0.309 e. The highest BCUT2D eigenvalue weighted by Crippen LogP contribution is 2.40. The highest BCUT2D eigenvalue weighted by molar-refractivity contribution is 9.10. The van der Waals surface area contributed by atoms with Crippen LogP contribution < -0.4 is 10.9 Å². The van der Waals surface area contributed by atoms with E-state index in [0.29, 0.717) is 27.4 Å². The lowest BCUT2D eigenvalue weighted by Crippen LogP contribution is -2.28. The second-order valence-electron chi connectivity index (χ2n) is 7.31. The number of nitrogens with one attached hydrogen (secondary N) is 1. The van der Waals surface area contributed by atoms with Crippen molar-refractivity contribution >= 4 is 38.7 Å². The molecule has 1 saturated carbocycles. The molecule has 0 unspecified atom stereocenters. The smallest absolute Gasteiger partial charge is 0.266 e. The molecular formula is C20H18BrN7O2. The standard InChI is InChI=1S/C20H18BrN7O2/c1-26-19-17(18(21)25-26)20(30)27(11-22-19)10-16(29)23-15-9-14(12-7-8-12)24-28(15)13-5-3-2-4-6-13/h2-6,9,11-12H,7-8,10H2,1H3,(H,23,29). The number of rotatable bonds is 5. The van der Waals surface area contributed by atoms with Crippen molar-refractivity contribution in [2.75, 3.05) is 5.32 Å². The van der Waals surface area contributed by atoms with E-state index in [9.17, 15) is 9.59 Å². The second kappa shape index (κ2) is 7.21. The van der Waals surface area contributed by atoms with E-state index in [4.69, 9.17) is 0 Å². The molecule has 0 aliphatic heterocycles. The van der Waals surface area contributed by atoms with Crippen molar-refractivity contribution in [3.8, 4) is 5.69 Å². The molecule has 0 spiro atoms. The summed E-state index contributed by atoms with van der Waals surface area (Å²) >= 11 is 3.28. The molecule has 0 bridgehead atoms. The zero-order valence-corrected chi connectivity index (χ0v) is 17.7. The molecule has 1 N–H and O–H groups in total. The van der Waals surface area contributed by atoms with E-state index >= 15 is 0 Å². The third kappa shape index (κ3) is 3.32. The summed E-state index contributed by atoms with van der Waals surface area (Å²) in [6.07, 6.45) is 3.59. The SMILES string of the molecule is Cn1nc(Br)c2c(=O)n(CC(=O)Nc3cc(C4CC4)nn3-c3ccccc3)cnc21. The van der Waals surface area contributed by atoms with Crippen LogP contribution in [0.3, 0.4) is 0 Å². The number of carbonyl (C=O) groups excluding carboxylic acids is 1. The van der Waals surface area contributed by atoms with E-state index in [0.717, 1.165) is 24.2 Å². The summed E-state index contributed by atoms with van der Waals surface area (Å²) in [5, 5.41) is 12.1. The number of nitrogens with zero attached hydrogens (tertiary/aromatic N) is 6. The van der Waals surface area contributed by atoms with Crippen LogP contribution in [0.5, 0.6) is 0 Å². The lowest BCUT2D eigenvalue weighted by Gasteiger charge is -2.10. The minimum absolute atomic E-state index is 0.165. The maximum atomic E-state index is 12.8. The Bertz CT molecular complexity index is 1320. The average molecular weight is 468 g/mol. The van der Waals surface area contributed by atoms with Crippen molar-refractivity contribution in [1.29, 1.82) is 0 Å². The zero-order valence-electron chi connectivity index (χ0n) is 16.1. The first kappa shape index (κ1) is 18.7. The van der Waals surface area contributed by atoms with E-state index in [1.165, 1.54) is 15.6 Å². The summed E-state index contributed by atoms with van der Waals surface area (Å²) in [7, 11) is 1.71. The number of para-hydroxylation sites is 1. The van der Waals surface area contributed by atoms with E-state index in [-0.39, 0.29) is 18.0 Å². The van der Waals surface area contributed by atoms with Gasteiger partial charge in [0, 0.05) is 19.0 Å². The van der Waals surface area contributed by atoms with Crippen LogP contribution >= 0.6 is 15.9 Å². The van der Waals surface area contributed by atoms with Gasteiger partial charge in [0.05, 0.1) is 11.4 Å². The number of aryl methyl sites for hydroxylation is 1.